The number of hydrogen-bond acceptors (Lipinski definition) is 8. The van der Waals surface area contributed by atoms with Crippen LogP contribution in [0.2, 0.25) is 13.1 Å². The zero-order chi connectivity index (χ0) is 46.7. The van der Waals surface area contributed by atoms with E-state index in [1.807, 2.05) is 13.8 Å². The van der Waals surface area contributed by atoms with E-state index in [0.717, 1.165) is 96.9 Å². The van der Waals surface area contributed by atoms with Gasteiger partial charge in [0.05, 0.1) is 32.5 Å². The SMILES string of the molecule is CC.C[B]CCCCCC(CCCC)COC(=O)CCCCCCCOCC(COCCCCCCCC(=O)OCC(CCCC)CCCCCC)NCCCCN(CC)CCC. The molecule has 3 atom stereocenters. The van der Waals surface area contributed by atoms with Gasteiger partial charge in [-0.1, -0.05) is 171 Å². The van der Waals surface area contributed by atoms with Gasteiger partial charge in [0.25, 0.3) is 0 Å². The first-order valence-electron chi connectivity index (χ1n) is 27.6. The summed E-state index contributed by atoms with van der Waals surface area (Å²) in [5.41, 5.74) is 0. The van der Waals surface area contributed by atoms with Gasteiger partial charge in [0.15, 0.2) is 0 Å². The number of carbonyl (C=O) groups is 2. The number of hydrogen-bond donors (Lipinski definition) is 1. The van der Waals surface area contributed by atoms with Crippen LogP contribution >= 0.6 is 0 Å². The Morgan fingerprint density at radius 2 is 0.952 bits per heavy atom. The lowest BCUT2D eigenvalue weighted by molar-refractivity contribution is -0.146. The average Bonchev–Trinajstić information content (AvgIpc) is 3.30. The number of carbonyl (C=O) groups excluding carboxylic acids is 2. The summed E-state index contributed by atoms with van der Waals surface area (Å²) in [5.74, 6) is 1.02. The fourth-order valence-corrected chi connectivity index (χ4v) is 8.13. The van der Waals surface area contributed by atoms with Crippen molar-refractivity contribution >= 4 is 19.2 Å². The van der Waals surface area contributed by atoms with Crippen molar-refractivity contribution in [2.75, 3.05) is 65.8 Å². The lowest BCUT2D eigenvalue weighted by Gasteiger charge is -2.21. The first-order valence-corrected chi connectivity index (χ1v) is 27.6. The number of ether oxygens (including phenoxy) is 4. The standard InChI is InChI=1S/C52H104BN2O6.C2H6/c1-7-12-15-23-34-48(32-13-8-2)44-60-51(56)36-25-18-16-20-30-42-58-46-50(54-39-28-29-41-55(11-5)40-10-4)47-59-43-31-21-17-19-26-37-52(57)61-45-49(33-14-9-3)35-24-22-27-38-53-6;1-2/h48-50,54H,7-47H2,1-6H3;1-2H3. The highest BCUT2D eigenvalue weighted by atomic mass is 16.5. The third kappa shape index (κ3) is 47.2. The maximum atomic E-state index is 12.5. The molecule has 63 heavy (non-hydrogen) atoms. The van der Waals surface area contributed by atoms with Crippen molar-refractivity contribution in [1.29, 1.82) is 0 Å². The van der Waals surface area contributed by atoms with Crippen molar-refractivity contribution in [2.45, 2.75) is 260 Å². The van der Waals surface area contributed by atoms with Gasteiger partial charge >= 0.3 is 11.9 Å². The van der Waals surface area contributed by atoms with E-state index in [0.29, 0.717) is 51.1 Å². The molecule has 0 saturated carbocycles. The van der Waals surface area contributed by atoms with Crippen molar-refractivity contribution in [2.24, 2.45) is 11.8 Å². The Balaban J connectivity index is 0. The average molecular weight is 894 g/mol. The van der Waals surface area contributed by atoms with Crippen LogP contribution in [0.3, 0.4) is 0 Å². The van der Waals surface area contributed by atoms with Crippen molar-refractivity contribution in [3.8, 4) is 0 Å². The van der Waals surface area contributed by atoms with E-state index in [1.54, 1.807) is 0 Å². The van der Waals surface area contributed by atoms with Crippen LogP contribution in [0.4, 0.5) is 0 Å². The molecule has 0 bridgehead atoms. The Morgan fingerprint density at radius 3 is 1.43 bits per heavy atom. The molecule has 8 nitrogen and oxygen atoms in total. The van der Waals surface area contributed by atoms with Crippen molar-refractivity contribution in [3.05, 3.63) is 0 Å². The molecule has 0 aliphatic heterocycles. The molecule has 9 heteroatoms. The highest BCUT2D eigenvalue weighted by molar-refractivity contribution is 6.33. The molecule has 0 heterocycles. The first-order chi connectivity index (χ1) is 30.9. The fourth-order valence-electron chi connectivity index (χ4n) is 8.13. The van der Waals surface area contributed by atoms with Gasteiger partial charge in [0.1, 0.15) is 7.28 Å². The number of nitrogens with one attached hydrogen (secondary N) is 1. The van der Waals surface area contributed by atoms with Gasteiger partial charge in [-0.25, -0.2) is 0 Å². The predicted molar refractivity (Wildman–Crippen MR) is 273 cm³/mol. The topological polar surface area (TPSA) is 86.3 Å². The quantitative estimate of drug-likeness (QED) is 0.0367. The Labute approximate surface area is 394 Å². The summed E-state index contributed by atoms with van der Waals surface area (Å²) in [6.07, 6.45) is 35.0. The molecule has 0 aliphatic carbocycles. The van der Waals surface area contributed by atoms with Gasteiger partial charge in [0, 0.05) is 26.1 Å². The van der Waals surface area contributed by atoms with E-state index in [-0.39, 0.29) is 18.0 Å². The maximum Gasteiger partial charge on any atom is 0.305 e. The van der Waals surface area contributed by atoms with Crippen LogP contribution in [0.25, 0.3) is 0 Å². The molecule has 3 unspecified atom stereocenters. The monoisotopic (exact) mass is 894 g/mol. The third-order valence-corrected chi connectivity index (χ3v) is 12.3. The molecule has 1 N–H and O–H groups in total. The molecule has 0 amide bonds. The minimum absolute atomic E-state index is 0.0131. The minimum Gasteiger partial charge on any atom is -0.465 e. The van der Waals surface area contributed by atoms with E-state index < -0.39 is 0 Å². The highest BCUT2D eigenvalue weighted by Crippen LogP contribution is 2.20. The highest BCUT2D eigenvalue weighted by Gasteiger charge is 2.14. The second-order valence-corrected chi connectivity index (χ2v) is 18.3. The molecule has 0 aromatic carbocycles. The zero-order valence-electron chi connectivity index (χ0n) is 43.7. The molecule has 0 fully saturated rings. The smallest absolute Gasteiger partial charge is 0.305 e. The summed E-state index contributed by atoms with van der Waals surface area (Å²) in [5, 5.41) is 3.73. The molecule has 0 saturated heterocycles. The van der Waals surface area contributed by atoms with E-state index in [1.165, 1.54) is 129 Å². The van der Waals surface area contributed by atoms with Crippen LogP contribution in [0.5, 0.6) is 0 Å². The Hall–Kier alpha value is -1.16. The van der Waals surface area contributed by atoms with Crippen LogP contribution in [-0.4, -0.2) is 96.0 Å². The van der Waals surface area contributed by atoms with E-state index in [9.17, 15) is 9.59 Å². The Morgan fingerprint density at radius 1 is 0.492 bits per heavy atom. The van der Waals surface area contributed by atoms with Crippen LogP contribution in [0.1, 0.15) is 241 Å². The molecule has 0 rings (SSSR count). The molecule has 0 aromatic heterocycles. The van der Waals surface area contributed by atoms with Gasteiger partial charge < -0.3 is 29.2 Å². The summed E-state index contributed by atoms with van der Waals surface area (Å²) in [7, 11) is 2.25. The predicted octanol–water partition coefficient (Wildman–Crippen LogP) is 14.6. The van der Waals surface area contributed by atoms with E-state index in [4.69, 9.17) is 18.9 Å². The maximum absolute atomic E-state index is 12.5. The largest absolute Gasteiger partial charge is 0.465 e. The van der Waals surface area contributed by atoms with Crippen molar-refractivity contribution in [1.82, 2.24) is 10.2 Å². The lowest BCUT2D eigenvalue weighted by Crippen LogP contribution is -2.38. The molecular formula is C54H110BN2O6. The van der Waals surface area contributed by atoms with Gasteiger partial charge in [-0.05, 0) is 109 Å². The molecule has 0 aromatic rings. The molecule has 375 valence electrons. The second kappa shape index (κ2) is 53.5. The van der Waals surface area contributed by atoms with Crippen LogP contribution < -0.4 is 5.32 Å². The summed E-state index contributed by atoms with van der Waals surface area (Å²) in [6.45, 7) is 26.0. The normalized spacial score (nSPS) is 12.8. The van der Waals surface area contributed by atoms with Gasteiger partial charge in [-0.2, -0.15) is 0 Å². The Kier molecular flexibility index (Phi) is 54.2. The van der Waals surface area contributed by atoms with Crippen molar-refractivity contribution < 1.29 is 28.5 Å². The minimum atomic E-state index is -0.0155. The number of esters is 2. The van der Waals surface area contributed by atoms with Gasteiger partial charge in [-0.3, -0.25) is 9.59 Å². The lowest BCUT2D eigenvalue weighted by atomic mass is 9.76. The summed E-state index contributed by atoms with van der Waals surface area (Å²) in [4.78, 5) is 27.4. The van der Waals surface area contributed by atoms with Gasteiger partial charge in [-0.15, -0.1) is 0 Å². The van der Waals surface area contributed by atoms with Crippen molar-refractivity contribution in [3.63, 3.8) is 0 Å². The summed E-state index contributed by atoms with van der Waals surface area (Å²) >= 11 is 0. The molecule has 0 aliphatic rings. The number of unbranched alkanes of at least 4 members (excludes halogenated alkanes) is 16. The van der Waals surface area contributed by atoms with E-state index in [2.05, 4.69) is 58.9 Å². The van der Waals surface area contributed by atoms with E-state index >= 15 is 0 Å². The Bertz CT molecular complexity index is 914. The third-order valence-electron chi connectivity index (χ3n) is 12.3. The fraction of sp³-hybridized carbons (Fsp3) is 0.963. The van der Waals surface area contributed by atoms with Crippen LogP contribution in [0, 0.1) is 11.8 Å². The van der Waals surface area contributed by atoms with Crippen LogP contribution in [0.15, 0.2) is 0 Å². The van der Waals surface area contributed by atoms with Crippen LogP contribution in [-0.2, 0) is 28.5 Å². The molecule has 0 spiro atoms. The summed E-state index contributed by atoms with van der Waals surface area (Å²) < 4.78 is 23.8. The summed E-state index contributed by atoms with van der Waals surface area (Å²) in [6, 6.07) is 0.203. The number of rotatable bonds is 50. The van der Waals surface area contributed by atoms with Gasteiger partial charge in [0.2, 0.25) is 0 Å². The molecular weight excluding hydrogens is 783 g/mol. The zero-order valence-corrected chi connectivity index (χ0v) is 43.7. The number of nitrogens with zero attached hydrogens (tertiary/aromatic N) is 1. The second-order valence-electron chi connectivity index (χ2n) is 18.3. The first kappa shape index (κ1) is 63.9. The molecule has 1 radical (unpaired) electrons.